The Balaban J connectivity index is 2.89. The van der Waals surface area contributed by atoms with Gasteiger partial charge in [0.2, 0.25) is 0 Å². The fourth-order valence-corrected chi connectivity index (χ4v) is 1.65. The zero-order valence-electron chi connectivity index (χ0n) is 8.90. The lowest BCUT2D eigenvalue weighted by atomic mass is 10.1. The van der Waals surface area contributed by atoms with Crippen LogP contribution in [0.4, 0.5) is 4.39 Å². The van der Waals surface area contributed by atoms with Gasteiger partial charge in [0.1, 0.15) is 5.82 Å². The molecule has 1 aromatic carbocycles. The molecule has 0 saturated carbocycles. The third-order valence-electron chi connectivity index (χ3n) is 2.05. The molecule has 1 rings (SSSR count). The fourth-order valence-electron chi connectivity index (χ4n) is 1.28. The van der Waals surface area contributed by atoms with Crippen LogP contribution in [0.2, 0.25) is 0 Å². The van der Waals surface area contributed by atoms with Crippen molar-refractivity contribution in [2.24, 2.45) is 0 Å². The van der Waals surface area contributed by atoms with Crippen molar-refractivity contribution in [3.05, 3.63) is 34.1 Å². The molecule has 0 aliphatic heterocycles. The maximum absolute atomic E-state index is 13.5. The summed E-state index contributed by atoms with van der Waals surface area (Å²) in [5.74, 6) is -1.90. The lowest BCUT2D eigenvalue weighted by molar-refractivity contribution is -0.151. The highest BCUT2D eigenvalue weighted by atomic mass is 79.9. The molecule has 0 spiro atoms. The number of aliphatic hydroxyl groups is 1. The van der Waals surface area contributed by atoms with Gasteiger partial charge in [-0.25, -0.2) is 9.18 Å². The highest BCUT2D eigenvalue weighted by molar-refractivity contribution is 9.10. The number of halogens is 2. The molecule has 0 aliphatic rings. The second kappa shape index (κ2) is 6.68. The summed E-state index contributed by atoms with van der Waals surface area (Å²) in [5, 5.41) is 17.5. The van der Waals surface area contributed by atoms with Crippen molar-refractivity contribution in [2.45, 2.75) is 12.5 Å². The molecule has 0 aromatic heterocycles. The van der Waals surface area contributed by atoms with Gasteiger partial charge in [-0.1, -0.05) is 15.9 Å². The zero-order chi connectivity index (χ0) is 12.8. The summed E-state index contributed by atoms with van der Waals surface area (Å²) in [6, 6.07) is 4.02. The van der Waals surface area contributed by atoms with E-state index in [0.717, 1.165) is 0 Å². The van der Waals surface area contributed by atoms with Gasteiger partial charge in [-0.05, 0) is 24.6 Å². The molecule has 0 saturated heterocycles. The molecular weight excluding hydrogens is 295 g/mol. The molecule has 0 aliphatic carbocycles. The number of aliphatic carboxylic acids is 1. The highest BCUT2D eigenvalue weighted by Gasteiger charge is 2.24. The topological polar surface area (TPSA) is 66.8 Å². The third-order valence-corrected chi connectivity index (χ3v) is 2.55. The van der Waals surface area contributed by atoms with Gasteiger partial charge >= 0.3 is 5.97 Å². The first-order valence-electron chi connectivity index (χ1n) is 4.96. The van der Waals surface area contributed by atoms with E-state index >= 15 is 0 Å². The van der Waals surface area contributed by atoms with Crippen LogP contribution in [0.5, 0.6) is 0 Å². The van der Waals surface area contributed by atoms with E-state index in [1.807, 2.05) is 0 Å². The largest absolute Gasteiger partial charge is 0.479 e. The summed E-state index contributed by atoms with van der Waals surface area (Å²) in [7, 11) is 0. The van der Waals surface area contributed by atoms with E-state index < -0.39 is 17.9 Å². The molecule has 1 unspecified atom stereocenters. The van der Waals surface area contributed by atoms with Gasteiger partial charge in [0.15, 0.2) is 6.10 Å². The number of benzene rings is 1. The quantitative estimate of drug-likeness (QED) is 0.790. The molecule has 0 amide bonds. The first-order valence-corrected chi connectivity index (χ1v) is 5.75. The van der Waals surface area contributed by atoms with Crippen molar-refractivity contribution in [3.8, 4) is 0 Å². The Morgan fingerprint density at radius 2 is 2.24 bits per heavy atom. The first-order chi connectivity index (χ1) is 8.06. The second-order valence-corrected chi connectivity index (χ2v) is 4.25. The van der Waals surface area contributed by atoms with E-state index in [1.54, 1.807) is 0 Å². The Morgan fingerprint density at radius 3 is 2.82 bits per heavy atom. The van der Waals surface area contributed by atoms with Crippen molar-refractivity contribution < 1.29 is 24.1 Å². The van der Waals surface area contributed by atoms with Crippen LogP contribution < -0.4 is 0 Å². The summed E-state index contributed by atoms with van der Waals surface area (Å²) in [5.41, 5.74) is -0.0372. The molecule has 4 nitrogen and oxygen atoms in total. The van der Waals surface area contributed by atoms with Gasteiger partial charge in [-0.2, -0.15) is 0 Å². The molecule has 0 fully saturated rings. The average molecular weight is 307 g/mol. The predicted molar refractivity (Wildman–Crippen MR) is 62.1 cm³/mol. The number of aliphatic hydroxyl groups excluding tert-OH is 1. The van der Waals surface area contributed by atoms with Crippen LogP contribution in [0.25, 0.3) is 0 Å². The van der Waals surface area contributed by atoms with E-state index in [-0.39, 0.29) is 18.8 Å². The molecule has 6 heteroatoms. The Hall–Kier alpha value is -0.980. The summed E-state index contributed by atoms with van der Waals surface area (Å²) in [4.78, 5) is 11.0. The van der Waals surface area contributed by atoms with Gasteiger partial charge in [-0.15, -0.1) is 0 Å². The van der Waals surface area contributed by atoms with E-state index in [9.17, 15) is 9.18 Å². The highest BCUT2D eigenvalue weighted by Crippen LogP contribution is 2.24. The summed E-state index contributed by atoms with van der Waals surface area (Å²) in [6.45, 7) is -0.0489. The van der Waals surface area contributed by atoms with Crippen LogP contribution in [-0.2, 0) is 9.53 Å². The normalized spacial score (nSPS) is 12.4. The van der Waals surface area contributed by atoms with E-state index in [4.69, 9.17) is 14.9 Å². The maximum atomic E-state index is 13.5. The van der Waals surface area contributed by atoms with Gasteiger partial charge < -0.3 is 14.9 Å². The molecule has 0 radical (unpaired) electrons. The van der Waals surface area contributed by atoms with E-state index in [2.05, 4.69) is 15.9 Å². The van der Waals surface area contributed by atoms with Gasteiger partial charge in [0.25, 0.3) is 0 Å². The van der Waals surface area contributed by atoms with Crippen molar-refractivity contribution in [3.63, 3.8) is 0 Å². The van der Waals surface area contributed by atoms with Crippen LogP contribution in [0.3, 0.4) is 0 Å². The van der Waals surface area contributed by atoms with E-state index in [0.29, 0.717) is 10.9 Å². The first kappa shape index (κ1) is 14.1. The molecule has 0 bridgehead atoms. The van der Waals surface area contributed by atoms with Crippen molar-refractivity contribution >= 4 is 21.9 Å². The molecule has 0 heterocycles. The Kier molecular flexibility index (Phi) is 5.54. The number of hydrogen-bond donors (Lipinski definition) is 2. The minimum Gasteiger partial charge on any atom is -0.479 e. The van der Waals surface area contributed by atoms with Crippen molar-refractivity contribution in [1.29, 1.82) is 0 Å². The second-order valence-electron chi connectivity index (χ2n) is 3.33. The standard InChI is InChI=1S/C11H12BrFO4/c12-7-2-3-9(13)8(6-7)10(11(15)16)17-5-1-4-14/h2-3,6,10,14H,1,4-5H2,(H,15,16). The zero-order valence-corrected chi connectivity index (χ0v) is 10.5. The summed E-state index contributed by atoms with van der Waals surface area (Å²) >= 11 is 3.14. The number of hydrogen-bond acceptors (Lipinski definition) is 3. The molecule has 17 heavy (non-hydrogen) atoms. The van der Waals surface area contributed by atoms with E-state index in [1.165, 1.54) is 18.2 Å². The lowest BCUT2D eigenvalue weighted by Gasteiger charge is -2.14. The Morgan fingerprint density at radius 1 is 1.53 bits per heavy atom. The van der Waals surface area contributed by atoms with Crippen LogP contribution in [0.1, 0.15) is 18.1 Å². The van der Waals surface area contributed by atoms with Crippen molar-refractivity contribution in [2.75, 3.05) is 13.2 Å². The number of carbonyl (C=O) groups is 1. The van der Waals surface area contributed by atoms with Gasteiger partial charge in [0, 0.05) is 16.6 Å². The summed E-state index contributed by atoms with van der Waals surface area (Å²) < 4.78 is 19.1. The fraction of sp³-hybridized carbons (Fsp3) is 0.364. The van der Waals surface area contributed by atoms with Gasteiger partial charge in [-0.3, -0.25) is 0 Å². The molecule has 1 atom stereocenters. The minimum atomic E-state index is -1.36. The van der Waals surface area contributed by atoms with Gasteiger partial charge in [0.05, 0.1) is 6.61 Å². The van der Waals surface area contributed by atoms with Crippen molar-refractivity contribution in [1.82, 2.24) is 0 Å². The SMILES string of the molecule is O=C(O)C(OCCCO)c1cc(Br)ccc1F. The average Bonchev–Trinajstić information content (AvgIpc) is 2.28. The smallest absolute Gasteiger partial charge is 0.337 e. The molecule has 2 N–H and O–H groups in total. The Bertz CT molecular complexity index is 397. The van der Waals surface area contributed by atoms with Crippen LogP contribution in [0, 0.1) is 5.82 Å². The minimum absolute atomic E-state index is 0.0372. The molecule has 94 valence electrons. The summed E-state index contributed by atoms with van der Waals surface area (Å²) in [6.07, 6.45) is -1.06. The number of ether oxygens (including phenoxy) is 1. The maximum Gasteiger partial charge on any atom is 0.337 e. The number of carboxylic acids is 1. The monoisotopic (exact) mass is 306 g/mol. The predicted octanol–water partition coefficient (Wildman–Crippen LogP) is 2.11. The lowest BCUT2D eigenvalue weighted by Crippen LogP contribution is -2.17. The van der Waals surface area contributed by atoms with Crippen LogP contribution in [0.15, 0.2) is 22.7 Å². The Labute approximate surface area is 106 Å². The van der Waals surface area contributed by atoms with Crippen LogP contribution >= 0.6 is 15.9 Å². The molecule has 1 aromatic rings. The number of rotatable bonds is 6. The molecular formula is C11H12BrFO4. The van der Waals surface area contributed by atoms with Crippen LogP contribution in [-0.4, -0.2) is 29.4 Å². The third kappa shape index (κ3) is 4.07. The number of carboxylic acid groups (broad SMARTS) is 1.